The molecule has 140 valence electrons. The molecule has 5 nitrogen and oxygen atoms in total. The van der Waals surface area contributed by atoms with Crippen molar-refractivity contribution in [2.45, 2.75) is 26.7 Å². The Kier molecular flexibility index (Phi) is 7.26. The second kappa shape index (κ2) is 9.65. The molecule has 2 aromatic carbocycles. The van der Waals surface area contributed by atoms with Crippen LogP contribution in [0, 0.1) is 5.82 Å². The van der Waals surface area contributed by atoms with Gasteiger partial charge in [-0.1, -0.05) is 13.8 Å². The van der Waals surface area contributed by atoms with E-state index in [0.717, 1.165) is 18.9 Å². The number of nitrogens with one attached hydrogen (secondary N) is 1. The van der Waals surface area contributed by atoms with E-state index in [4.69, 9.17) is 14.2 Å². The van der Waals surface area contributed by atoms with Gasteiger partial charge in [0.25, 0.3) is 5.91 Å². The van der Waals surface area contributed by atoms with Gasteiger partial charge in [-0.2, -0.15) is 0 Å². The molecule has 2 aromatic rings. The van der Waals surface area contributed by atoms with Crippen LogP contribution in [0.1, 0.15) is 37.0 Å². The highest BCUT2D eigenvalue weighted by Crippen LogP contribution is 2.31. The van der Waals surface area contributed by atoms with E-state index in [9.17, 15) is 9.18 Å². The summed E-state index contributed by atoms with van der Waals surface area (Å²) in [6, 6.07) is 9.25. The number of methoxy groups -OCH3 is 1. The zero-order valence-electron chi connectivity index (χ0n) is 15.3. The van der Waals surface area contributed by atoms with Gasteiger partial charge in [0, 0.05) is 17.3 Å². The Morgan fingerprint density at radius 1 is 0.962 bits per heavy atom. The standard InChI is InChI=1S/C20H24FNO4/c1-4-10-25-18-9-7-15(13-19(18)26-11-5-2)22-20(23)14-6-8-17(24-3)16(21)12-14/h6-9,12-13H,4-5,10-11H2,1-3H3,(H,22,23). The van der Waals surface area contributed by atoms with Crippen molar-refractivity contribution in [2.75, 3.05) is 25.6 Å². The number of benzene rings is 2. The Hall–Kier alpha value is -2.76. The molecule has 0 aromatic heterocycles. The number of hydrogen-bond donors (Lipinski definition) is 1. The maximum atomic E-state index is 13.8. The molecule has 0 fully saturated rings. The molecule has 6 heteroatoms. The summed E-state index contributed by atoms with van der Waals surface area (Å²) in [5.74, 6) is 0.285. The van der Waals surface area contributed by atoms with Gasteiger partial charge in [-0.25, -0.2) is 4.39 Å². The van der Waals surface area contributed by atoms with Gasteiger partial charge in [0.05, 0.1) is 20.3 Å². The Bertz CT molecular complexity index is 749. The minimum atomic E-state index is -0.588. The number of halogens is 1. The van der Waals surface area contributed by atoms with Crippen LogP contribution in [0.25, 0.3) is 0 Å². The summed E-state index contributed by atoms with van der Waals surface area (Å²) < 4.78 is 30.0. The Balaban J connectivity index is 2.17. The highest BCUT2D eigenvalue weighted by atomic mass is 19.1. The number of ether oxygens (including phenoxy) is 3. The first-order chi connectivity index (χ1) is 12.6. The lowest BCUT2D eigenvalue weighted by Gasteiger charge is -2.14. The summed E-state index contributed by atoms with van der Waals surface area (Å²) >= 11 is 0. The van der Waals surface area contributed by atoms with E-state index in [1.54, 1.807) is 18.2 Å². The highest BCUT2D eigenvalue weighted by Gasteiger charge is 2.12. The second-order valence-electron chi connectivity index (χ2n) is 5.66. The highest BCUT2D eigenvalue weighted by molar-refractivity contribution is 6.04. The van der Waals surface area contributed by atoms with Crippen LogP contribution in [0.2, 0.25) is 0 Å². The van der Waals surface area contributed by atoms with Crippen LogP contribution < -0.4 is 19.5 Å². The van der Waals surface area contributed by atoms with Gasteiger partial charge >= 0.3 is 0 Å². The second-order valence-corrected chi connectivity index (χ2v) is 5.66. The molecule has 0 aliphatic carbocycles. The van der Waals surface area contributed by atoms with E-state index < -0.39 is 11.7 Å². The summed E-state index contributed by atoms with van der Waals surface area (Å²) in [6.07, 6.45) is 1.74. The van der Waals surface area contributed by atoms with Crippen LogP contribution in [0.4, 0.5) is 10.1 Å². The van der Waals surface area contributed by atoms with Crippen LogP contribution in [0.15, 0.2) is 36.4 Å². The third kappa shape index (κ3) is 5.12. The monoisotopic (exact) mass is 361 g/mol. The first-order valence-electron chi connectivity index (χ1n) is 8.63. The van der Waals surface area contributed by atoms with Crippen molar-refractivity contribution in [3.63, 3.8) is 0 Å². The van der Waals surface area contributed by atoms with Crippen molar-refractivity contribution in [3.8, 4) is 17.2 Å². The van der Waals surface area contributed by atoms with Gasteiger partial charge < -0.3 is 19.5 Å². The fourth-order valence-corrected chi connectivity index (χ4v) is 2.25. The SMILES string of the molecule is CCCOc1ccc(NC(=O)c2ccc(OC)c(F)c2)cc1OCCC. The van der Waals surface area contributed by atoms with E-state index in [0.29, 0.717) is 30.4 Å². The molecule has 0 aliphatic heterocycles. The van der Waals surface area contributed by atoms with Gasteiger partial charge in [-0.15, -0.1) is 0 Å². The fraction of sp³-hybridized carbons (Fsp3) is 0.350. The first-order valence-corrected chi connectivity index (χ1v) is 8.63. The lowest BCUT2D eigenvalue weighted by molar-refractivity contribution is 0.102. The Morgan fingerprint density at radius 2 is 1.62 bits per heavy atom. The van der Waals surface area contributed by atoms with Crippen LogP contribution in [0.3, 0.4) is 0 Å². The zero-order chi connectivity index (χ0) is 18.9. The number of anilines is 1. The summed E-state index contributed by atoms with van der Waals surface area (Å²) in [5, 5.41) is 2.74. The molecule has 1 amide bonds. The molecule has 1 N–H and O–H groups in total. The van der Waals surface area contributed by atoms with Gasteiger partial charge in [0.15, 0.2) is 23.1 Å². The molecule has 0 bridgehead atoms. The molecule has 0 heterocycles. The Morgan fingerprint density at radius 3 is 2.23 bits per heavy atom. The number of carbonyl (C=O) groups is 1. The van der Waals surface area contributed by atoms with Gasteiger partial charge in [-0.3, -0.25) is 4.79 Å². The maximum Gasteiger partial charge on any atom is 0.255 e. The minimum Gasteiger partial charge on any atom is -0.494 e. The fourth-order valence-electron chi connectivity index (χ4n) is 2.25. The van der Waals surface area contributed by atoms with E-state index in [2.05, 4.69) is 5.32 Å². The number of carbonyl (C=O) groups excluding carboxylic acids is 1. The van der Waals surface area contributed by atoms with Crippen molar-refractivity contribution >= 4 is 11.6 Å². The van der Waals surface area contributed by atoms with Crippen molar-refractivity contribution in [3.05, 3.63) is 47.8 Å². The molecular weight excluding hydrogens is 337 g/mol. The normalized spacial score (nSPS) is 10.3. The van der Waals surface area contributed by atoms with E-state index in [1.807, 2.05) is 13.8 Å². The third-order valence-electron chi connectivity index (χ3n) is 3.54. The van der Waals surface area contributed by atoms with Crippen molar-refractivity contribution in [2.24, 2.45) is 0 Å². The summed E-state index contributed by atoms with van der Waals surface area (Å²) in [6.45, 7) is 5.16. The molecule has 26 heavy (non-hydrogen) atoms. The van der Waals surface area contributed by atoms with E-state index in [-0.39, 0.29) is 11.3 Å². The van der Waals surface area contributed by atoms with E-state index in [1.165, 1.54) is 19.2 Å². The smallest absolute Gasteiger partial charge is 0.255 e. The molecule has 0 saturated heterocycles. The van der Waals surface area contributed by atoms with Crippen LogP contribution in [-0.4, -0.2) is 26.2 Å². The lowest BCUT2D eigenvalue weighted by atomic mass is 10.2. The topological polar surface area (TPSA) is 56.8 Å². The third-order valence-corrected chi connectivity index (χ3v) is 3.54. The zero-order valence-corrected chi connectivity index (χ0v) is 15.3. The molecule has 0 radical (unpaired) electrons. The minimum absolute atomic E-state index is 0.0919. The predicted octanol–water partition coefficient (Wildman–Crippen LogP) is 4.66. The maximum absolute atomic E-state index is 13.8. The molecule has 0 spiro atoms. The lowest BCUT2D eigenvalue weighted by Crippen LogP contribution is -2.12. The van der Waals surface area contributed by atoms with Crippen molar-refractivity contribution in [1.29, 1.82) is 0 Å². The first kappa shape index (κ1) is 19.6. The van der Waals surface area contributed by atoms with E-state index >= 15 is 0 Å². The molecule has 0 unspecified atom stereocenters. The van der Waals surface area contributed by atoms with Crippen LogP contribution >= 0.6 is 0 Å². The largest absolute Gasteiger partial charge is 0.494 e. The quantitative estimate of drug-likeness (QED) is 0.705. The van der Waals surface area contributed by atoms with Crippen LogP contribution in [0.5, 0.6) is 17.2 Å². The van der Waals surface area contributed by atoms with Gasteiger partial charge in [-0.05, 0) is 43.2 Å². The van der Waals surface area contributed by atoms with Crippen molar-refractivity contribution < 1.29 is 23.4 Å². The average molecular weight is 361 g/mol. The number of amides is 1. The number of rotatable bonds is 9. The van der Waals surface area contributed by atoms with Crippen LogP contribution in [-0.2, 0) is 0 Å². The predicted molar refractivity (Wildman–Crippen MR) is 98.9 cm³/mol. The summed E-state index contributed by atoms with van der Waals surface area (Å²) in [4.78, 5) is 12.4. The van der Waals surface area contributed by atoms with Gasteiger partial charge in [0.2, 0.25) is 0 Å². The summed E-state index contributed by atoms with van der Waals surface area (Å²) in [7, 11) is 1.37. The molecule has 0 saturated carbocycles. The molecular formula is C20H24FNO4. The molecule has 0 aliphatic rings. The number of hydrogen-bond acceptors (Lipinski definition) is 4. The summed E-state index contributed by atoms with van der Waals surface area (Å²) in [5.41, 5.74) is 0.742. The van der Waals surface area contributed by atoms with Crippen molar-refractivity contribution in [1.82, 2.24) is 0 Å². The molecule has 0 atom stereocenters. The molecule has 2 rings (SSSR count). The Labute approximate surface area is 153 Å². The van der Waals surface area contributed by atoms with Gasteiger partial charge in [0.1, 0.15) is 0 Å². The average Bonchev–Trinajstić information content (AvgIpc) is 2.65.